The lowest BCUT2D eigenvalue weighted by Gasteiger charge is -2.11. The molecule has 1 heterocycles. The number of ether oxygens (including phenoxy) is 2. The predicted molar refractivity (Wildman–Crippen MR) is 76.4 cm³/mol. The third kappa shape index (κ3) is 2.69. The van der Waals surface area contributed by atoms with E-state index in [2.05, 4.69) is 0 Å². The van der Waals surface area contributed by atoms with Crippen molar-refractivity contribution in [2.45, 2.75) is 12.5 Å². The van der Waals surface area contributed by atoms with Crippen LogP contribution < -0.4 is 9.47 Å². The molecule has 5 heteroatoms. The van der Waals surface area contributed by atoms with E-state index in [-0.39, 0.29) is 10.8 Å². The van der Waals surface area contributed by atoms with Crippen LogP contribution in [0.15, 0.2) is 42.5 Å². The molecule has 1 atom stereocenters. The van der Waals surface area contributed by atoms with E-state index in [1.165, 1.54) is 12.1 Å². The monoisotopic (exact) mass is 299 g/mol. The van der Waals surface area contributed by atoms with Crippen molar-refractivity contribution in [2.75, 3.05) is 0 Å². The number of nitrogens with zero attached hydrogens (tertiary/aromatic N) is 1. The summed E-state index contributed by atoms with van der Waals surface area (Å²) in [6, 6.07) is 13.9. The highest BCUT2D eigenvalue weighted by molar-refractivity contribution is 6.32. The molecule has 0 aromatic heterocycles. The number of fused-ring (bicyclic) bond motifs is 1. The van der Waals surface area contributed by atoms with E-state index in [0.29, 0.717) is 17.7 Å². The highest BCUT2D eigenvalue weighted by Gasteiger charge is 2.30. The van der Waals surface area contributed by atoms with Gasteiger partial charge < -0.3 is 9.47 Å². The lowest BCUT2D eigenvalue weighted by Crippen LogP contribution is -2.29. The molecule has 104 valence electrons. The van der Waals surface area contributed by atoms with Crippen molar-refractivity contribution < 1.29 is 14.3 Å². The zero-order valence-corrected chi connectivity index (χ0v) is 11.6. The van der Waals surface area contributed by atoms with E-state index in [9.17, 15) is 4.79 Å². The van der Waals surface area contributed by atoms with Gasteiger partial charge in [0.15, 0.2) is 6.10 Å². The number of halogens is 1. The van der Waals surface area contributed by atoms with Crippen molar-refractivity contribution in [3.63, 3.8) is 0 Å². The van der Waals surface area contributed by atoms with E-state index >= 15 is 0 Å². The second kappa shape index (κ2) is 5.47. The smallest absolute Gasteiger partial charge is 0.353 e. The molecule has 0 aliphatic carbocycles. The first-order valence-electron chi connectivity index (χ1n) is 6.33. The second-order valence-electron chi connectivity index (χ2n) is 4.60. The van der Waals surface area contributed by atoms with E-state index in [1.807, 2.05) is 30.3 Å². The number of esters is 1. The maximum Gasteiger partial charge on any atom is 0.353 e. The Labute approximate surface area is 126 Å². The second-order valence-corrected chi connectivity index (χ2v) is 5.00. The summed E-state index contributed by atoms with van der Waals surface area (Å²) >= 11 is 5.98. The molecule has 0 saturated heterocycles. The van der Waals surface area contributed by atoms with Gasteiger partial charge >= 0.3 is 5.97 Å². The first-order chi connectivity index (χ1) is 10.2. The first kappa shape index (κ1) is 13.5. The van der Waals surface area contributed by atoms with Crippen molar-refractivity contribution in [1.82, 2.24) is 0 Å². The summed E-state index contributed by atoms with van der Waals surface area (Å²) in [5, 5.41) is 8.99. The summed E-state index contributed by atoms with van der Waals surface area (Å²) in [5.41, 5.74) is 1.38. The molecule has 0 spiro atoms. The van der Waals surface area contributed by atoms with Crippen LogP contribution in [-0.4, -0.2) is 12.1 Å². The molecule has 0 saturated carbocycles. The van der Waals surface area contributed by atoms with Crippen LogP contribution >= 0.6 is 11.6 Å². The third-order valence-corrected chi connectivity index (χ3v) is 3.48. The van der Waals surface area contributed by atoms with Gasteiger partial charge in [-0.3, -0.25) is 0 Å². The Kier molecular flexibility index (Phi) is 3.51. The maximum absolute atomic E-state index is 12.1. The van der Waals surface area contributed by atoms with Gasteiger partial charge in [0.25, 0.3) is 0 Å². The number of benzene rings is 2. The number of carbonyl (C=O) groups is 1. The Hall–Kier alpha value is -2.51. The average molecular weight is 300 g/mol. The Balaban J connectivity index is 1.73. The van der Waals surface area contributed by atoms with Gasteiger partial charge in [-0.05, 0) is 29.8 Å². The fourth-order valence-electron chi connectivity index (χ4n) is 2.14. The fraction of sp³-hybridized carbons (Fsp3) is 0.125. The minimum Gasteiger partial charge on any atom is -0.478 e. The Bertz CT molecular complexity index is 726. The van der Waals surface area contributed by atoms with Crippen LogP contribution in [0.5, 0.6) is 11.5 Å². The van der Waals surface area contributed by atoms with E-state index in [1.54, 1.807) is 6.07 Å². The fourth-order valence-corrected chi connectivity index (χ4v) is 2.36. The molecule has 0 N–H and O–H groups in total. The summed E-state index contributed by atoms with van der Waals surface area (Å²) < 4.78 is 10.8. The van der Waals surface area contributed by atoms with Crippen LogP contribution in [0.2, 0.25) is 5.02 Å². The Morgan fingerprint density at radius 1 is 1.33 bits per heavy atom. The van der Waals surface area contributed by atoms with Crippen molar-refractivity contribution in [3.05, 3.63) is 58.6 Å². The van der Waals surface area contributed by atoms with Gasteiger partial charge in [-0.2, -0.15) is 5.26 Å². The third-order valence-electron chi connectivity index (χ3n) is 3.18. The van der Waals surface area contributed by atoms with Crippen LogP contribution in [0, 0.1) is 11.3 Å². The van der Waals surface area contributed by atoms with Crippen LogP contribution in [0.3, 0.4) is 0 Å². The molecule has 2 aromatic rings. The van der Waals surface area contributed by atoms with Crippen molar-refractivity contribution >= 4 is 17.6 Å². The van der Waals surface area contributed by atoms with Gasteiger partial charge in [-0.25, -0.2) is 4.79 Å². The average Bonchev–Trinajstić information content (AvgIpc) is 2.93. The molecule has 0 fully saturated rings. The lowest BCUT2D eigenvalue weighted by atomic mass is 10.1. The summed E-state index contributed by atoms with van der Waals surface area (Å²) in [7, 11) is 0. The minimum atomic E-state index is -0.672. The zero-order chi connectivity index (χ0) is 14.8. The van der Waals surface area contributed by atoms with Gasteiger partial charge in [0.2, 0.25) is 0 Å². The number of rotatable bonds is 2. The van der Waals surface area contributed by atoms with Gasteiger partial charge in [0.05, 0.1) is 16.7 Å². The molecule has 2 aromatic carbocycles. The molecule has 21 heavy (non-hydrogen) atoms. The van der Waals surface area contributed by atoms with Gasteiger partial charge in [-0.15, -0.1) is 0 Å². The minimum absolute atomic E-state index is 0.220. The van der Waals surface area contributed by atoms with Crippen molar-refractivity contribution in [3.8, 4) is 17.6 Å². The normalized spacial score (nSPS) is 15.7. The summed E-state index contributed by atoms with van der Waals surface area (Å²) in [5.74, 6) is 0.420. The Morgan fingerprint density at radius 2 is 2.14 bits per heavy atom. The molecular weight excluding hydrogens is 290 g/mol. The molecule has 0 amide bonds. The lowest BCUT2D eigenvalue weighted by molar-refractivity contribution is -0.141. The molecule has 4 nitrogen and oxygen atoms in total. The van der Waals surface area contributed by atoms with Gasteiger partial charge in [-0.1, -0.05) is 29.8 Å². The number of carbonyl (C=O) groups excluding carboxylic acids is 1. The number of hydrogen-bond donors (Lipinski definition) is 0. The summed E-state index contributed by atoms with van der Waals surface area (Å²) in [6.45, 7) is 0. The molecule has 1 aliphatic rings. The van der Waals surface area contributed by atoms with E-state index in [0.717, 1.165) is 5.56 Å². The van der Waals surface area contributed by atoms with Crippen LogP contribution in [-0.2, 0) is 11.2 Å². The zero-order valence-electron chi connectivity index (χ0n) is 10.9. The van der Waals surface area contributed by atoms with E-state index < -0.39 is 12.1 Å². The van der Waals surface area contributed by atoms with Crippen LogP contribution in [0.1, 0.15) is 11.1 Å². The number of nitriles is 1. The number of hydrogen-bond acceptors (Lipinski definition) is 4. The molecule has 1 unspecified atom stereocenters. The molecule has 0 radical (unpaired) electrons. The van der Waals surface area contributed by atoms with E-state index in [4.69, 9.17) is 26.3 Å². The maximum atomic E-state index is 12.1. The molecule has 0 bridgehead atoms. The van der Waals surface area contributed by atoms with Crippen molar-refractivity contribution in [1.29, 1.82) is 5.26 Å². The van der Waals surface area contributed by atoms with Crippen LogP contribution in [0.25, 0.3) is 0 Å². The van der Waals surface area contributed by atoms with Gasteiger partial charge in [0.1, 0.15) is 11.5 Å². The van der Waals surface area contributed by atoms with Crippen molar-refractivity contribution in [2.24, 2.45) is 0 Å². The standard InChI is InChI=1S/C16H10ClNO3/c17-12-7-10(9-18)5-6-14(12)21-16(19)15-8-11-3-1-2-4-13(11)20-15/h1-7,15H,8H2. The highest BCUT2D eigenvalue weighted by atomic mass is 35.5. The SMILES string of the molecule is N#Cc1ccc(OC(=O)C2Cc3ccccc3O2)c(Cl)c1. The van der Waals surface area contributed by atoms with Gasteiger partial charge in [0, 0.05) is 6.42 Å². The molecule has 1 aliphatic heterocycles. The summed E-state index contributed by atoms with van der Waals surface area (Å²) in [6.07, 6.45) is -0.197. The highest BCUT2D eigenvalue weighted by Crippen LogP contribution is 2.30. The number of para-hydroxylation sites is 1. The topological polar surface area (TPSA) is 59.3 Å². The predicted octanol–water partition coefficient (Wildman–Crippen LogP) is 3.12. The Morgan fingerprint density at radius 3 is 2.86 bits per heavy atom. The molecular formula is C16H10ClNO3. The largest absolute Gasteiger partial charge is 0.478 e. The first-order valence-corrected chi connectivity index (χ1v) is 6.71. The quantitative estimate of drug-likeness (QED) is 0.631. The summed E-state index contributed by atoms with van der Waals surface area (Å²) in [4.78, 5) is 12.1. The molecule has 3 rings (SSSR count). The van der Waals surface area contributed by atoms with Crippen LogP contribution in [0.4, 0.5) is 0 Å².